The Hall–Kier alpha value is -0.900. The first-order chi connectivity index (χ1) is 8.33. The smallest absolute Gasteiger partial charge is 0.177 e. The van der Waals surface area contributed by atoms with E-state index in [-0.39, 0.29) is 5.78 Å². The molecule has 1 rings (SSSR count). The molecule has 0 unspecified atom stereocenters. The third-order valence-corrected chi connectivity index (χ3v) is 3.30. The summed E-state index contributed by atoms with van der Waals surface area (Å²) in [4.78, 5) is 13.6. The molecule has 0 aromatic carbocycles. The highest BCUT2D eigenvalue weighted by Crippen LogP contribution is 2.10. The largest absolute Gasteiger partial charge is 0.411 e. The van der Waals surface area contributed by atoms with Crippen molar-refractivity contribution in [3.63, 3.8) is 0 Å². The molecule has 1 N–H and O–H groups in total. The van der Waals surface area contributed by atoms with Crippen LogP contribution in [-0.4, -0.2) is 41.7 Å². The van der Waals surface area contributed by atoms with Crippen LogP contribution in [-0.2, 0) is 4.79 Å². The summed E-state index contributed by atoms with van der Waals surface area (Å²) in [7, 11) is 0. The Kier molecular flexibility index (Phi) is 7.63. The maximum absolute atomic E-state index is 11.0. The van der Waals surface area contributed by atoms with Crippen molar-refractivity contribution in [2.75, 3.05) is 19.6 Å². The van der Waals surface area contributed by atoms with Gasteiger partial charge in [-0.15, -0.1) is 0 Å². The number of nitrogens with zero attached hydrogens (tertiary/aromatic N) is 2. The second kappa shape index (κ2) is 9.16. The fourth-order valence-electron chi connectivity index (χ4n) is 2.30. The van der Waals surface area contributed by atoms with E-state index in [0.29, 0.717) is 6.42 Å². The van der Waals surface area contributed by atoms with Gasteiger partial charge < -0.3 is 10.1 Å². The molecule has 4 nitrogen and oxygen atoms in total. The second-order valence-electron chi connectivity index (χ2n) is 4.78. The molecule has 0 bridgehead atoms. The average Bonchev–Trinajstić information content (AvgIpc) is 2.35. The molecular formula is C13H24N2O2. The third kappa shape index (κ3) is 7.10. The van der Waals surface area contributed by atoms with E-state index in [1.807, 2.05) is 0 Å². The van der Waals surface area contributed by atoms with E-state index in [2.05, 4.69) is 10.1 Å². The van der Waals surface area contributed by atoms with Crippen LogP contribution in [0.15, 0.2) is 5.16 Å². The van der Waals surface area contributed by atoms with Gasteiger partial charge >= 0.3 is 0 Å². The van der Waals surface area contributed by atoms with E-state index in [4.69, 9.17) is 5.21 Å². The van der Waals surface area contributed by atoms with Gasteiger partial charge in [-0.1, -0.05) is 24.4 Å². The summed E-state index contributed by atoms with van der Waals surface area (Å²) >= 11 is 0. The molecule has 0 aromatic rings. The summed E-state index contributed by atoms with van der Waals surface area (Å²) < 4.78 is 0. The van der Waals surface area contributed by atoms with Gasteiger partial charge in [0, 0.05) is 6.42 Å². The molecule has 1 aliphatic heterocycles. The van der Waals surface area contributed by atoms with Crippen LogP contribution in [0.1, 0.15) is 51.4 Å². The van der Waals surface area contributed by atoms with E-state index in [1.165, 1.54) is 51.7 Å². The van der Waals surface area contributed by atoms with Crippen LogP contribution in [0.2, 0.25) is 0 Å². The summed E-state index contributed by atoms with van der Waals surface area (Å²) in [5.74, 6) is -0.0801. The molecule has 4 heteroatoms. The zero-order chi connectivity index (χ0) is 12.3. The number of piperidine rings is 1. The van der Waals surface area contributed by atoms with Crippen LogP contribution in [0.25, 0.3) is 0 Å². The lowest BCUT2D eigenvalue weighted by atomic mass is 10.1. The number of carbonyl (C=O) groups is 1. The van der Waals surface area contributed by atoms with Gasteiger partial charge in [0.2, 0.25) is 0 Å². The number of rotatable bonds is 8. The summed E-state index contributed by atoms with van der Waals surface area (Å²) in [5, 5.41) is 10.9. The van der Waals surface area contributed by atoms with Gasteiger partial charge in [0.05, 0.1) is 0 Å². The summed E-state index contributed by atoms with van der Waals surface area (Å²) in [5.41, 5.74) is 0. The van der Waals surface area contributed by atoms with Crippen molar-refractivity contribution in [1.82, 2.24) is 4.90 Å². The molecule has 1 saturated heterocycles. The number of oxime groups is 1. The van der Waals surface area contributed by atoms with Crippen LogP contribution in [0, 0.1) is 0 Å². The Morgan fingerprint density at radius 3 is 2.53 bits per heavy atom. The van der Waals surface area contributed by atoms with E-state index < -0.39 is 0 Å². The van der Waals surface area contributed by atoms with Crippen LogP contribution >= 0.6 is 0 Å². The molecule has 1 heterocycles. The number of hydrogen-bond donors (Lipinski definition) is 1. The number of likely N-dealkylation sites (tertiary alicyclic amines) is 1. The number of Topliss-reactive ketones (excluding diaryl/α,β-unsaturated/α-hetero) is 1. The number of ketones is 1. The van der Waals surface area contributed by atoms with Gasteiger partial charge in [-0.05, 0) is 45.3 Å². The molecule has 1 fully saturated rings. The number of unbranched alkanes of at least 4 members (excludes halogenated alkanes) is 3. The fraction of sp³-hybridized carbons (Fsp3) is 0.846. The van der Waals surface area contributed by atoms with Crippen molar-refractivity contribution >= 4 is 12.0 Å². The minimum Gasteiger partial charge on any atom is -0.411 e. The molecular weight excluding hydrogens is 216 g/mol. The third-order valence-electron chi connectivity index (χ3n) is 3.30. The van der Waals surface area contributed by atoms with E-state index in [0.717, 1.165) is 19.1 Å². The first-order valence-electron chi connectivity index (χ1n) is 6.75. The van der Waals surface area contributed by atoms with Gasteiger partial charge in [0.1, 0.15) is 6.21 Å². The zero-order valence-corrected chi connectivity index (χ0v) is 10.6. The fourth-order valence-corrected chi connectivity index (χ4v) is 2.30. The minimum atomic E-state index is -0.0801. The molecule has 1 aliphatic rings. The average molecular weight is 240 g/mol. The lowest BCUT2D eigenvalue weighted by molar-refractivity contribution is -0.112. The van der Waals surface area contributed by atoms with E-state index in [9.17, 15) is 4.79 Å². The summed E-state index contributed by atoms with van der Waals surface area (Å²) in [6, 6.07) is 0. The monoisotopic (exact) mass is 240 g/mol. The SMILES string of the molecule is O=C(/C=N\O)CCCCCCN1CCCCC1. The van der Waals surface area contributed by atoms with Crippen molar-refractivity contribution in [3.8, 4) is 0 Å². The van der Waals surface area contributed by atoms with E-state index in [1.54, 1.807) is 0 Å². The highest BCUT2D eigenvalue weighted by molar-refractivity contribution is 6.27. The molecule has 17 heavy (non-hydrogen) atoms. The van der Waals surface area contributed by atoms with Gasteiger partial charge in [0.15, 0.2) is 5.78 Å². The lowest BCUT2D eigenvalue weighted by Crippen LogP contribution is -2.30. The zero-order valence-electron chi connectivity index (χ0n) is 10.6. The Balaban J connectivity index is 1.88. The van der Waals surface area contributed by atoms with Crippen LogP contribution in [0.4, 0.5) is 0 Å². The molecule has 0 aromatic heterocycles. The van der Waals surface area contributed by atoms with Gasteiger partial charge in [-0.3, -0.25) is 4.79 Å². The highest BCUT2D eigenvalue weighted by atomic mass is 16.4. The molecule has 0 amide bonds. The van der Waals surface area contributed by atoms with Gasteiger partial charge in [0.25, 0.3) is 0 Å². The van der Waals surface area contributed by atoms with Gasteiger partial charge in [-0.25, -0.2) is 0 Å². The first-order valence-corrected chi connectivity index (χ1v) is 6.75. The van der Waals surface area contributed by atoms with Crippen molar-refractivity contribution < 1.29 is 10.0 Å². The van der Waals surface area contributed by atoms with Crippen molar-refractivity contribution in [3.05, 3.63) is 0 Å². The van der Waals surface area contributed by atoms with Gasteiger partial charge in [-0.2, -0.15) is 0 Å². The Morgan fingerprint density at radius 1 is 1.12 bits per heavy atom. The predicted octanol–water partition coefficient (Wildman–Crippen LogP) is 2.45. The van der Waals surface area contributed by atoms with Crippen LogP contribution < -0.4 is 0 Å². The standard InChI is InChI=1S/C13H24N2O2/c16-13(12-14-17)8-4-1-2-5-9-15-10-6-3-7-11-15/h12,17H,1-11H2/b14-12-. The topological polar surface area (TPSA) is 52.9 Å². The van der Waals surface area contributed by atoms with Crippen LogP contribution in [0.5, 0.6) is 0 Å². The number of hydrogen-bond acceptors (Lipinski definition) is 4. The Bertz CT molecular complexity index is 236. The second-order valence-corrected chi connectivity index (χ2v) is 4.78. The van der Waals surface area contributed by atoms with E-state index >= 15 is 0 Å². The normalized spacial score (nSPS) is 17.6. The molecule has 0 atom stereocenters. The Labute approximate surface area is 104 Å². The first kappa shape index (κ1) is 14.2. The van der Waals surface area contributed by atoms with Crippen molar-refractivity contribution in [1.29, 1.82) is 0 Å². The Morgan fingerprint density at radius 2 is 1.82 bits per heavy atom. The molecule has 98 valence electrons. The molecule has 0 spiro atoms. The maximum atomic E-state index is 11.0. The quantitative estimate of drug-likeness (QED) is 0.307. The molecule has 0 saturated carbocycles. The minimum absolute atomic E-state index is 0.0801. The highest BCUT2D eigenvalue weighted by Gasteiger charge is 2.08. The predicted molar refractivity (Wildman–Crippen MR) is 68.7 cm³/mol. The lowest BCUT2D eigenvalue weighted by Gasteiger charge is -2.26. The van der Waals surface area contributed by atoms with Crippen molar-refractivity contribution in [2.45, 2.75) is 51.4 Å². The number of carbonyl (C=O) groups excluding carboxylic acids is 1. The maximum Gasteiger partial charge on any atom is 0.177 e. The molecule has 0 aliphatic carbocycles. The summed E-state index contributed by atoms with van der Waals surface area (Å²) in [6.45, 7) is 3.75. The van der Waals surface area contributed by atoms with Crippen molar-refractivity contribution in [2.24, 2.45) is 5.16 Å². The molecule has 0 radical (unpaired) electrons. The summed E-state index contributed by atoms with van der Waals surface area (Å²) in [6.07, 6.45) is 10.0. The van der Waals surface area contributed by atoms with Crippen LogP contribution in [0.3, 0.4) is 0 Å².